The number of hydrogen-bond acceptors (Lipinski definition) is 1. The number of nitrogens with one attached hydrogen (secondary N) is 1. The highest BCUT2D eigenvalue weighted by Crippen LogP contribution is 2.47. The van der Waals surface area contributed by atoms with Crippen molar-refractivity contribution in [2.45, 2.75) is 105 Å². The summed E-state index contributed by atoms with van der Waals surface area (Å²) < 4.78 is 14.9. The van der Waals surface area contributed by atoms with Gasteiger partial charge in [0.1, 0.15) is 6.17 Å². The molecule has 1 saturated carbocycles. The Hall–Kier alpha value is -0.110. The van der Waals surface area contributed by atoms with Crippen LogP contribution in [0.4, 0.5) is 4.39 Å². The zero-order valence-electron chi connectivity index (χ0n) is 18.4. The lowest BCUT2D eigenvalue weighted by Crippen LogP contribution is -2.42. The van der Waals surface area contributed by atoms with E-state index in [0.29, 0.717) is 35.6 Å². The maximum Gasteiger partial charge on any atom is 0.103 e. The van der Waals surface area contributed by atoms with Crippen molar-refractivity contribution in [1.29, 1.82) is 0 Å². The molecule has 9 atom stereocenters. The average Bonchev–Trinajstić information content (AvgIpc) is 2.65. The molecule has 1 aliphatic heterocycles. The van der Waals surface area contributed by atoms with Crippen LogP contribution in [0.15, 0.2) is 0 Å². The molecule has 0 bridgehead atoms. The van der Waals surface area contributed by atoms with E-state index in [1.807, 2.05) is 0 Å². The van der Waals surface area contributed by atoms with Crippen molar-refractivity contribution in [3.05, 3.63) is 0 Å². The summed E-state index contributed by atoms with van der Waals surface area (Å²) in [6, 6.07) is 0.712. The van der Waals surface area contributed by atoms with Crippen LogP contribution in [-0.4, -0.2) is 18.8 Å². The van der Waals surface area contributed by atoms with Crippen molar-refractivity contribution in [2.24, 2.45) is 41.4 Å². The third-order valence-electron chi connectivity index (χ3n) is 8.46. The van der Waals surface area contributed by atoms with Gasteiger partial charge in [-0.25, -0.2) is 4.39 Å². The Morgan fingerprint density at radius 1 is 1.04 bits per heavy atom. The van der Waals surface area contributed by atoms with E-state index >= 15 is 0 Å². The number of alkyl halides is 1. The number of hydrogen-bond donors (Lipinski definition) is 1. The first kappa shape index (κ1) is 22.2. The second-order valence-corrected chi connectivity index (χ2v) is 9.95. The molecular weight excluding hydrogens is 321 g/mol. The van der Waals surface area contributed by atoms with Gasteiger partial charge in [-0.3, -0.25) is 0 Å². The Morgan fingerprint density at radius 2 is 1.77 bits per heavy atom. The van der Waals surface area contributed by atoms with Crippen molar-refractivity contribution in [3.8, 4) is 0 Å². The van der Waals surface area contributed by atoms with Gasteiger partial charge in [0.2, 0.25) is 0 Å². The van der Waals surface area contributed by atoms with Gasteiger partial charge in [0.25, 0.3) is 0 Å². The van der Waals surface area contributed by atoms with Crippen LogP contribution in [0.2, 0.25) is 0 Å². The molecule has 1 aliphatic carbocycles. The molecule has 0 aromatic rings. The lowest BCUT2D eigenvalue weighted by molar-refractivity contribution is 0.00395. The molecule has 2 heteroatoms. The van der Waals surface area contributed by atoms with Crippen molar-refractivity contribution in [2.75, 3.05) is 6.54 Å². The molecule has 9 unspecified atom stereocenters. The van der Waals surface area contributed by atoms with E-state index in [1.165, 1.54) is 51.5 Å². The summed E-state index contributed by atoms with van der Waals surface area (Å²) in [5, 5.41) is 3.73. The molecule has 26 heavy (non-hydrogen) atoms. The quantitative estimate of drug-likeness (QED) is 0.494. The molecule has 0 amide bonds. The van der Waals surface area contributed by atoms with Crippen molar-refractivity contribution in [3.63, 3.8) is 0 Å². The highest BCUT2D eigenvalue weighted by atomic mass is 19.1. The second-order valence-electron chi connectivity index (χ2n) is 9.95. The lowest BCUT2D eigenvalue weighted by atomic mass is 9.61. The Balaban J connectivity index is 2.03. The van der Waals surface area contributed by atoms with Crippen LogP contribution in [0.1, 0.15) is 92.9 Å². The summed E-state index contributed by atoms with van der Waals surface area (Å²) in [5.41, 5.74) is 0. The number of rotatable bonds is 8. The van der Waals surface area contributed by atoms with Gasteiger partial charge in [-0.1, -0.05) is 60.8 Å². The summed E-state index contributed by atoms with van der Waals surface area (Å²) in [5.74, 6) is 4.16. The molecule has 0 radical (unpaired) electrons. The van der Waals surface area contributed by atoms with E-state index in [2.05, 4.69) is 46.9 Å². The fraction of sp³-hybridized carbons (Fsp3) is 1.00. The van der Waals surface area contributed by atoms with E-state index in [9.17, 15) is 4.39 Å². The van der Waals surface area contributed by atoms with Gasteiger partial charge in [0.05, 0.1) is 0 Å². The van der Waals surface area contributed by atoms with E-state index in [4.69, 9.17) is 0 Å². The first-order valence-corrected chi connectivity index (χ1v) is 11.8. The van der Waals surface area contributed by atoms with E-state index in [-0.39, 0.29) is 5.92 Å². The molecule has 2 aliphatic rings. The first-order valence-electron chi connectivity index (χ1n) is 11.8. The summed E-state index contributed by atoms with van der Waals surface area (Å²) in [6.45, 7) is 15.3. The van der Waals surface area contributed by atoms with Crippen LogP contribution in [-0.2, 0) is 0 Å². The van der Waals surface area contributed by atoms with Gasteiger partial charge in [-0.15, -0.1) is 0 Å². The van der Waals surface area contributed by atoms with E-state index < -0.39 is 6.17 Å². The molecular formula is C24H46FN. The maximum atomic E-state index is 14.9. The molecule has 1 heterocycles. The van der Waals surface area contributed by atoms with Crippen LogP contribution in [0.5, 0.6) is 0 Å². The molecule has 0 aromatic carbocycles. The van der Waals surface area contributed by atoms with Gasteiger partial charge in [0.15, 0.2) is 0 Å². The Labute approximate surface area is 163 Å². The topological polar surface area (TPSA) is 12.0 Å². The van der Waals surface area contributed by atoms with Gasteiger partial charge in [-0.05, 0) is 80.1 Å². The van der Waals surface area contributed by atoms with Gasteiger partial charge < -0.3 is 5.32 Å². The zero-order valence-corrected chi connectivity index (χ0v) is 18.4. The minimum Gasteiger partial charge on any atom is -0.314 e. The fourth-order valence-corrected chi connectivity index (χ4v) is 6.07. The SMILES string of the molecule is CCC(C)C1CC(F)C(C)C(C(CC)C(C)C(C)CC2CCCCN2)C1. The molecule has 0 aromatic heterocycles. The molecule has 1 nitrogen and oxygen atoms in total. The molecule has 1 saturated heterocycles. The summed E-state index contributed by atoms with van der Waals surface area (Å²) in [6.07, 6.45) is 9.23. The predicted molar refractivity (Wildman–Crippen MR) is 112 cm³/mol. The normalized spacial score (nSPS) is 37.7. The van der Waals surface area contributed by atoms with Crippen LogP contribution < -0.4 is 5.32 Å². The summed E-state index contributed by atoms with van der Waals surface area (Å²) in [7, 11) is 0. The Morgan fingerprint density at radius 3 is 2.35 bits per heavy atom. The van der Waals surface area contributed by atoms with Gasteiger partial charge >= 0.3 is 0 Å². The maximum absolute atomic E-state index is 14.9. The Kier molecular flexibility index (Phi) is 8.91. The second kappa shape index (κ2) is 10.4. The highest BCUT2D eigenvalue weighted by molar-refractivity contribution is 4.91. The summed E-state index contributed by atoms with van der Waals surface area (Å²) in [4.78, 5) is 0. The van der Waals surface area contributed by atoms with Crippen molar-refractivity contribution in [1.82, 2.24) is 5.32 Å². The first-order chi connectivity index (χ1) is 12.4. The van der Waals surface area contributed by atoms with Crippen molar-refractivity contribution < 1.29 is 4.39 Å². The van der Waals surface area contributed by atoms with Gasteiger partial charge in [-0.2, -0.15) is 0 Å². The van der Waals surface area contributed by atoms with Crippen LogP contribution in [0.25, 0.3) is 0 Å². The molecule has 1 N–H and O–H groups in total. The highest BCUT2D eigenvalue weighted by Gasteiger charge is 2.42. The fourth-order valence-electron chi connectivity index (χ4n) is 6.07. The predicted octanol–water partition coefficient (Wildman–Crippen LogP) is 6.86. The minimum atomic E-state index is -0.593. The number of halogens is 1. The van der Waals surface area contributed by atoms with Crippen LogP contribution >= 0.6 is 0 Å². The zero-order chi connectivity index (χ0) is 19.3. The summed E-state index contributed by atoms with van der Waals surface area (Å²) >= 11 is 0. The minimum absolute atomic E-state index is 0.239. The van der Waals surface area contributed by atoms with Crippen molar-refractivity contribution >= 4 is 0 Å². The third-order valence-corrected chi connectivity index (χ3v) is 8.46. The standard InChI is InChI=1S/C24H46FN/c1-7-16(3)20-14-23(19(6)24(25)15-20)22(8-2)18(5)17(4)13-21-11-9-10-12-26-21/h16-24,26H,7-15H2,1-6H3. The number of piperidine rings is 1. The largest absolute Gasteiger partial charge is 0.314 e. The smallest absolute Gasteiger partial charge is 0.103 e. The molecule has 0 spiro atoms. The molecule has 2 fully saturated rings. The molecule has 154 valence electrons. The average molecular weight is 368 g/mol. The Bertz CT molecular complexity index is 392. The monoisotopic (exact) mass is 367 g/mol. The molecule has 2 rings (SSSR count). The third kappa shape index (κ3) is 5.46. The van der Waals surface area contributed by atoms with Crippen LogP contribution in [0, 0.1) is 41.4 Å². The van der Waals surface area contributed by atoms with E-state index in [0.717, 1.165) is 12.3 Å². The van der Waals surface area contributed by atoms with Crippen LogP contribution in [0.3, 0.4) is 0 Å². The lowest BCUT2D eigenvalue weighted by Gasteiger charge is -2.45. The van der Waals surface area contributed by atoms with Gasteiger partial charge in [0, 0.05) is 6.04 Å². The van der Waals surface area contributed by atoms with E-state index in [1.54, 1.807) is 0 Å².